The number of nitrogens with one attached hydrogen (secondary N) is 3. The third-order valence-electron chi connectivity index (χ3n) is 5.03. The van der Waals surface area contributed by atoms with Crippen LogP contribution in [0.3, 0.4) is 0 Å². The predicted octanol–water partition coefficient (Wildman–Crippen LogP) is 3.76. The molecule has 0 aliphatic carbocycles. The van der Waals surface area contributed by atoms with Crippen molar-refractivity contribution in [3.05, 3.63) is 47.1 Å². The molecule has 0 bridgehead atoms. The van der Waals surface area contributed by atoms with E-state index in [9.17, 15) is 4.79 Å². The Kier molecular flexibility index (Phi) is 4.90. The Balaban J connectivity index is 1.34. The van der Waals surface area contributed by atoms with Gasteiger partial charge in [-0.15, -0.1) is 11.3 Å². The predicted molar refractivity (Wildman–Crippen MR) is 106 cm³/mol. The van der Waals surface area contributed by atoms with E-state index in [4.69, 9.17) is 0 Å². The molecule has 1 fully saturated rings. The quantitative estimate of drug-likeness (QED) is 0.656. The molecule has 2 aromatic heterocycles. The Labute approximate surface area is 156 Å². The van der Waals surface area contributed by atoms with E-state index in [1.807, 2.05) is 5.38 Å². The van der Waals surface area contributed by atoms with Crippen LogP contribution in [-0.2, 0) is 6.54 Å². The third kappa shape index (κ3) is 3.59. The molecule has 0 spiro atoms. The van der Waals surface area contributed by atoms with Crippen molar-refractivity contribution in [2.75, 3.05) is 25.5 Å². The smallest absolute Gasteiger partial charge is 0.320 e. The van der Waals surface area contributed by atoms with E-state index in [-0.39, 0.29) is 6.03 Å². The van der Waals surface area contributed by atoms with Gasteiger partial charge >= 0.3 is 6.03 Å². The number of piperidine rings is 1. The van der Waals surface area contributed by atoms with Crippen LogP contribution in [0.25, 0.3) is 10.9 Å². The summed E-state index contributed by atoms with van der Waals surface area (Å²) in [6, 6.07) is 8.31. The summed E-state index contributed by atoms with van der Waals surface area (Å²) in [6.07, 6.45) is 4.51. The van der Waals surface area contributed by atoms with E-state index >= 15 is 0 Å². The van der Waals surface area contributed by atoms with Crippen LogP contribution < -0.4 is 10.6 Å². The van der Waals surface area contributed by atoms with Crippen LogP contribution >= 0.6 is 11.3 Å². The zero-order chi connectivity index (χ0) is 17.9. The van der Waals surface area contributed by atoms with E-state index in [2.05, 4.69) is 56.0 Å². The van der Waals surface area contributed by atoms with Crippen LogP contribution in [-0.4, -0.2) is 41.0 Å². The first-order chi connectivity index (χ1) is 12.7. The Hall–Kier alpha value is -2.38. The third-order valence-corrected chi connectivity index (χ3v) is 5.84. The molecule has 1 aliphatic heterocycles. The first-order valence-corrected chi connectivity index (χ1v) is 9.82. The molecule has 0 radical (unpaired) electrons. The Morgan fingerprint density at radius 1 is 1.35 bits per heavy atom. The number of hydrogen-bond acceptors (Lipinski definition) is 4. The van der Waals surface area contributed by atoms with Gasteiger partial charge in [0.2, 0.25) is 0 Å². The van der Waals surface area contributed by atoms with Gasteiger partial charge in [-0.05, 0) is 43.5 Å². The second kappa shape index (κ2) is 7.47. The normalized spacial score (nSPS) is 16.0. The van der Waals surface area contributed by atoms with Gasteiger partial charge in [0.05, 0.1) is 5.69 Å². The maximum atomic E-state index is 11.4. The maximum absolute atomic E-state index is 11.4. The summed E-state index contributed by atoms with van der Waals surface area (Å²) < 4.78 is 0. The molecule has 6 nitrogen and oxygen atoms in total. The topological polar surface area (TPSA) is 73.1 Å². The molecule has 1 saturated heterocycles. The summed E-state index contributed by atoms with van der Waals surface area (Å²) in [7, 11) is 1.60. The number of carbonyl (C=O) groups is 1. The highest BCUT2D eigenvalue weighted by molar-refractivity contribution is 7.13. The molecule has 136 valence electrons. The van der Waals surface area contributed by atoms with Crippen LogP contribution in [0.5, 0.6) is 0 Å². The molecule has 1 aliphatic rings. The number of fused-ring (bicyclic) bond motifs is 1. The number of anilines is 1. The molecule has 1 aromatic carbocycles. The van der Waals surface area contributed by atoms with E-state index in [1.54, 1.807) is 7.05 Å². The van der Waals surface area contributed by atoms with Crippen molar-refractivity contribution in [3.63, 3.8) is 0 Å². The number of H-pyrrole nitrogens is 1. The van der Waals surface area contributed by atoms with Crippen molar-refractivity contribution in [2.24, 2.45) is 0 Å². The van der Waals surface area contributed by atoms with E-state index < -0.39 is 0 Å². The standard InChI is InChI=1S/C19H23N5OS/c1-20-18(25)23-19-22-14(12-26-19)11-24-8-6-13(7-9-24)16-10-21-17-5-3-2-4-15(16)17/h2-5,10,12-13,21H,6-9,11H2,1H3,(H2,20,22,23,25). The molecule has 7 heteroatoms. The number of para-hydroxylation sites is 1. The first kappa shape index (κ1) is 17.1. The van der Waals surface area contributed by atoms with Gasteiger partial charge in [-0.25, -0.2) is 9.78 Å². The van der Waals surface area contributed by atoms with Crippen LogP contribution in [0.4, 0.5) is 9.93 Å². The molecule has 4 rings (SSSR count). The summed E-state index contributed by atoms with van der Waals surface area (Å²) in [5.41, 5.74) is 3.70. The molecule has 3 aromatic rings. The van der Waals surface area contributed by atoms with E-state index in [0.717, 1.165) is 38.2 Å². The van der Waals surface area contributed by atoms with Crippen molar-refractivity contribution >= 4 is 33.4 Å². The number of hydrogen-bond donors (Lipinski definition) is 3. The summed E-state index contributed by atoms with van der Waals surface area (Å²) in [6.45, 7) is 2.98. The largest absolute Gasteiger partial charge is 0.361 e. The van der Waals surface area contributed by atoms with Crippen molar-refractivity contribution in [2.45, 2.75) is 25.3 Å². The number of nitrogens with zero attached hydrogens (tertiary/aromatic N) is 2. The van der Waals surface area contributed by atoms with Crippen molar-refractivity contribution in [3.8, 4) is 0 Å². The number of aromatic amines is 1. The van der Waals surface area contributed by atoms with Crippen LogP contribution in [0, 0.1) is 0 Å². The molecule has 0 unspecified atom stereocenters. The second-order valence-electron chi connectivity index (χ2n) is 6.69. The van der Waals surface area contributed by atoms with Crippen molar-refractivity contribution in [1.82, 2.24) is 20.2 Å². The highest BCUT2D eigenvalue weighted by Gasteiger charge is 2.23. The zero-order valence-electron chi connectivity index (χ0n) is 14.8. The number of thiazole rings is 1. The van der Waals surface area contributed by atoms with Gasteiger partial charge < -0.3 is 10.3 Å². The molecule has 0 saturated carbocycles. The lowest BCUT2D eigenvalue weighted by atomic mass is 9.89. The Morgan fingerprint density at radius 2 is 2.15 bits per heavy atom. The summed E-state index contributed by atoms with van der Waals surface area (Å²) in [5.74, 6) is 0.614. The highest BCUT2D eigenvalue weighted by atomic mass is 32.1. The number of carbonyl (C=O) groups excluding carboxylic acids is 1. The second-order valence-corrected chi connectivity index (χ2v) is 7.55. The maximum Gasteiger partial charge on any atom is 0.320 e. The fraction of sp³-hybridized carbons (Fsp3) is 0.368. The molecule has 2 amide bonds. The first-order valence-electron chi connectivity index (χ1n) is 8.94. The number of likely N-dealkylation sites (tertiary alicyclic amines) is 1. The van der Waals surface area contributed by atoms with Gasteiger partial charge in [0, 0.05) is 36.1 Å². The van der Waals surface area contributed by atoms with Crippen LogP contribution in [0.15, 0.2) is 35.8 Å². The Morgan fingerprint density at radius 3 is 2.96 bits per heavy atom. The minimum atomic E-state index is -0.231. The summed E-state index contributed by atoms with van der Waals surface area (Å²) >= 11 is 1.47. The number of urea groups is 1. The van der Waals surface area contributed by atoms with Crippen LogP contribution in [0.2, 0.25) is 0 Å². The van der Waals surface area contributed by atoms with Crippen molar-refractivity contribution < 1.29 is 4.79 Å². The molecule has 3 N–H and O–H groups in total. The molecular formula is C19H23N5OS. The summed E-state index contributed by atoms with van der Waals surface area (Å²) in [5, 5.41) is 9.29. The fourth-order valence-electron chi connectivity index (χ4n) is 3.66. The summed E-state index contributed by atoms with van der Waals surface area (Å²) in [4.78, 5) is 21.7. The van der Waals surface area contributed by atoms with Gasteiger partial charge in [-0.1, -0.05) is 18.2 Å². The van der Waals surface area contributed by atoms with Gasteiger partial charge in [-0.3, -0.25) is 10.2 Å². The van der Waals surface area contributed by atoms with Gasteiger partial charge in [0.1, 0.15) is 0 Å². The Bertz CT molecular complexity index is 894. The number of amides is 2. The fourth-order valence-corrected chi connectivity index (χ4v) is 4.36. The number of rotatable bonds is 4. The van der Waals surface area contributed by atoms with E-state index in [1.165, 1.54) is 27.8 Å². The van der Waals surface area contributed by atoms with Gasteiger partial charge in [0.15, 0.2) is 5.13 Å². The lowest BCUT2D eigenvalue weighted by molar-refractivity contribution is 0.203. The lowest BCUT2D eigenvalue weighted by Crippen LogP contribution is -2.32. The zero-order valence-corrected chi connectivity index (χ0v) is 15.6. The average Bonchev–Trinajstić information content (AvgIpc) is 3.29. The SMILES string of the molecule is CNC(=O)Nc1nc(CN2CCC(c3c[nH]c4ccccc34)CC2)cs1. The van der Waals surface area contributed by atoms with Crippen LogP contribution in [0.1, 0.15) is 30.0 Å². The van der Waals surface area contributed by atoms with E-state index in [0.29, 0.717) is 11.0 Å². The monoisotopic (exact) mass is 369 g/mol. The molecular weight excluding hydrogens is 346 g/mol. The number of aromatic nitrogens is 2. The number of benzene rings is 1. The van der Waals surface area contributed by atoms with Gasteiger partial charge in [0.25, 0.3) is 0 Å². The minimum absolute atomic E-state index is 0.231. The average molecular weight is 369 g/mol. The minimum Gasteiger partial charge on any atom is -0.361 e. The molecule has 26 heavy (non-hydrogen) atoms. The van der Waals surface area contributed by atoms with Gasteiger partial charge in [-0.2, -0.15) is 0 Å². The molecule has 0 atom stereocenters. The highest BCUT2D eigenvalue weighted by Crippen LogP contribution is 2.33. The lowest BCUT2D eigenvalue weighted by Gasteiger charge is -2.31. The van der Waals surface area contributed by atoms with Crippen molar-refractivity contribution in [1.29, 1.82) is 0 Å². The molecule has 3 heterocycles.